The monoisotopic (exact) mass is 317 g/mol. The Morgan fingerprint density at radius 2 is 2.17 bits per heavy atom. The normalized spacial score (nSPS) is 13.8. The van der Waals surface area contributed by atoms with Gasteiger partial charge >= 0.3 is 0 Å². The third-order valence-electron chi connectivity index (χ3n) is 3.17. The van der Waals surface area contributed by atoms with Gasteiger partial charge < -0.3 is 14.5 Å². The van der Waals surface area contributed by atoms with Crippen molar-refractivity contribution in [3.8, 4) is 0 Å². The molecule has 0 fully saturated rings. The van der Waals surface area contributed by atoms with E-state index in [1.54, 1.807) is 7.11 Å². The second kappa shape index (κ2) is 7.31. The zero-order chi connectivity index (χ0) is 13.6. The van der Waals surface area contributed by atoms with Crippen LogP contribution >= 0.6 is 15.9 Å². The number of nitrogens with one attached hydrogen (secondary N) is 1. The molecule has 18 heavy (non-hydrogen) atoms. The summed E-state index contributed by atoms with van der Waals surface area (Å²) in [6, 6.07) is 4.22. The van der Waals surface area contributed by atoms with Crippen LogP contribution in [-0.2, 0) is 4.74 Å². The van der Waals surface area contributed by atoms with Crippen LogP contribution in [0, 0.1) is 0 Å². The second-order valence-corrected chi connectivity index (χ2v) is 5.93. The number of halogens is 1. The van der Waals surface area contributed by atoms with Gasteiger partial charge in [0.2, 0.25) is 0 Å². The van der Waals surface area contributed by atoms with Crippen molar-refractivity contribution < 1.29 is 9.15 Å². The van der Waals surface area contributed by atoms with Crippen molar-refractivity contribution in [2.75, 3.05) is 13.7 Å². The fraction of sp³-hybridized carbons (Fsp3) is 0.714. The molecule has 1 rings (SSSR count). The van der Waals surface area contributed by atoms with Crippen molar-refractivity contribution in [1.29, 1.82) is 0 Å². The fourth-order valence-corrected chi connectivity index (χ4v) is 2.09. The summed E-state index contributed by atoms with van der Waals surface area (Å²) in [5.74, 6) is 0.988. The molecule has 1 unspecified atom stereocenters. The molecule has 1 heterocycles. The Hall–Kier alpha value is -0.320. The number of rotatable bonds is 8. The Bertz CT molecular complexity index is 349. The lowest BCUT2D eigenvalue weighted by atomic mass is 9.97. The van der Waals surface area contributed by atoms with Gasteiger partial charge in [-0.25, -0.2) is 0 Å². The van der Waals surface area contributed by atoms with E-state index in [4.69, 9.17) is 9.15 Å². The zero-order valence-electron chi connectivity index (χ0n) is 11.8. The van der Waals surface area contributed by atoms with Crippen molar-refractivity contribution >= 4 is 15.9 Å². The molecule has 1 N–H and O–H groups in total. The van der Waals surface area contributed by atoms with Crippen molar-refractivity contribution in [1.82, 2.24) is 5.32 Å². The third kappa shape index (κ3) is 5.12. The third-order valence-corrected chi connectivity index (χ3v) is 3.59. The van der Waals surface area contributed by atoms with Crippen molar-refractivity contribution in [3.05, 3.63) is 22.6 Å². The summed E-state index contributed by atoms with van der Waals surface area (Å²) >= 11 is 3.35. The molecule has 0 aliphatic carbocycles. The van der Waals surface area contributed by atoms with Crippen LogP contribution in [0.25, 0.3) is 0 Å². The molecule has 1 aromatic rings. The Balaban J connectivity index is 2.61. The first-order chi connectivity index (χ1) is 8.48. The van der Waals surface area contributed by atoms with Crippen LogP contribution in [0.1, 0.15) is 51.8 Å². The van der Waals surface area contributed by atoms with Gasteiger partial charge in [-0.15, -0.1) is 0 Å². The fourth-order valence-electron chi connectivity index (χ4n) is 1.77. The lowest BCUT2D eigenvalue weighted by Gasteiger charge is -2.25. The molecule has 104 valence electrons. The van der Waals surface area contributed by atoms with E-state index in [2.05, 4.69) is 42.0 Å². The molecule has 0 spiro atoms. The summed E-state index contributed by atoms with van der Waals surface area (Å²) in [6.07, 6.45) is 3.11. The molecule has 0 saturated heterocycles. The Kier molecular flexibility index (Phi) is 6.39. The first-order valence-corrected chi connectivity index (χ1v) is 7.31. The highest BCUT2D eigenvalue weighted by Gasteiger charge is 2.21. The number of methoxy groups -OCH3 is 1. The summed E-state index contributed by atoms with van der Waals surface area (Å²) in [7, 11) is 1.76. The van der Waals surface area contributed by atoms with Crippen LogP contribution in [0.5, 0.6) is 0 Å². The maximum Gasteiger partial charge on any atom is 0.169 e. The minimum absolute atomic E-state index is 0.0873. The molecule has 0 amide bonds. The van der Waals surface area contributed by atoms with Gasteiger partial charge in [0.05, 0.1) is 11.6 Å². The SMILES string of the molecule is CCCNC(CCC(C)(C)OC)c1ccc(Br)o1. The molecule has 3 nitrogen and oxygen atoms in total. The average molecular weight is 318 g/mol. The van der Waals surface area contributed by atoms with Crippen LogP contribution in [0.3, 0.4) is 0 Å². The Morgan fingerprint density at radius 3 is 2.67 bits per heavy atom. The molecular weight excluding hydrogens is 294 g/mol. The summed E-state index contributed by atoms with van der Waals surface area (Å²) in [6.45, 7) is 7.39. The molecule has 0 aliphatic rings. The summed E-state index contributed by atoms with van der Waals surface area (Å²) in [5.41, 5.74) is -0.0873. The van der Waals surface area contributed by atoms with Gasteiger partial charge in [-0.3, -0.25) is 0 Å². The minimum Gasteiger partial charge on any atom is -0.453 e. The molecule has 0 radical (unpaired) electrons. The van der Waals surface area contributed by atoms with E-state index in [-0.39, 0.29) is 11.6 Å². The quantitative estimate of drug-likeness (QED) is 0.776. The summed E-state index contributed by atoms with van der Waals surface area (Å²) in [4.78, 5) is 0. The van der Waals surface area contributed by atoms with Crippen molar-refractivity contribution in [2.24, 2.45) is 0 Å². The van der Waals surface area contributed by atoms with E-state index in [0.717, 1.165) is 36.2 Å². The van der Waals surface area contributed by atoms with E-state index in [1.165, 1.54) is 0 Å². The zero-order valence-corrected chi connectivity index (χ0v) is 13.3. The summed E-state index contributed by atoms with van der Waals surface area (Å²) in [5, 5.41) is 3.53. The standard InChI is InChI=1S/C14H24BrNO2/c1-5-10-16-11(8-9-14(2,3)17-4)12-6-7-13(15)18-12/h6-7,11,16H,5,8-10H2,1-4H3. The van der Waals surface area contributed by atoms with Gasteiger partial charge in [0, 0.05) is 7.11 Å². The Morgan fingerprint density at radius 1 is 1.44 bits per heavy atom. The lowest BCUT2D eigenvalue weighted by Crippen LogP contribution is -2.27. The van der Waals surface area contributed by atoms with Gasteiger partial charge in [0.1, 0.15) is 5.76 Å². The van der Waals surface area contributed by atoms with E-state index in [0.29, 0.717) is 0 Å². The smallest absolute Gasteiger partial charge is 0.169 e. The predicted octanol–water partition coefficient (Wildman–Crippen LogP) is 4.29. The van der Waals surface area contributed by atoms with Gasteiger partial charge in [-0.1, -0.05) is 6.92 Å². The van der Waals surface area contributed by atoms with Crippen LogP contribution in [0.2, 0.25) is 0 Å². The summed E-state index contributed by atoms with van der Waals surface area (Å²) < 4.78 is 11.9. The molecule has 1 aromatic heterocycles. The molecule has 0 aromatic carbocycles. The minimum atomic E-state index is -0.0873. The molecule has 4 heteroatoms. The van der Waals surface area contributed by atoms with E-state index in [9.17, 15) is 0 Å². The largest absolute Gasteiger partial charge is 0.453 e. The van der Waals surface area contributed by atoms with Gasteiger partial charge in [0.15, 0.2) is 4.67 Å². The number of ether oxygens (including phenoxy) is 1. The Labute approximate surface area is 118 Å². The van der Waals surface area contributed by atoms with E-state index >= 15 is 0 Å². The first-order valence-electron chi connectivity index (χ1n) is 6.52. The molecule has 0 aliphatic heterocycles. The first kappa shape index (κ1) is 15.7. The van der Waals surface area contributed by atoms with Crippen LogP contribution in [0.4, 0.5) is 0 Å². The molecule has 1 atom stereocenters. The number of hydrogen-bond donors (Lipinski definition) is 1. The van der Waals surface area contributed by atoms with Crippen LogP contribution < -0.4 is 5.32 Å². The topological polar surface area (TPSA) is 34.4 Å². The molecule has 0 bridgehead atoms. The highest BCUT2D eigenvalue weighted by atomic mass is 79.9. The predicted molar refractivity (Wildman–Crippen MR) is 77.8 cm³/mol. The van der Waals surface area contributed by atoms with Gasteiger partial charge in [-0.05, 0) is 67.7 Å². The molecular formula is C14H24BrNO2. The van der Waals surface area contributed by atoms with Crippen LogP contribution in [0.15, 0.2) is 21.2 Å². The van der Waals surface area contributed by atoms with Gasteiger partial charge in [0.25, 0.3) is 0 Å². The number of hydrogen-bond acceptors (Lipinski definition) is 3. The van der Waals surface area contributed by atoms with E-state index in [1.807, 2.05) is 12.1 Å². The van der Waals surface area contributed by atoms with Crippen molar-refractivity contribution in [3.63, 3.8) is 0 Å². The van der Waals surface area contributed by atoms with E-state index < -0.39 is 0 Å². The van der Waals surface area contributed by atoms with Gasteiger partial charge in [-0.2, -0.15) is 0 Å². The maximum absolute atomic E-state index is 5.65. The second-order valence-electron chi connectivity index (χ2n) is 5.15. The molecule has 0 saturated carbocycles. The van der Waals surface area contributed by atoms with Crippen molar-refractivity contribution in [2.45, 2.75) is 51.7 Å². The average Bonchev–Trinajstić information content (AvgIpc) is 2.76. The van der Waals surface area contributed by atoms with Crippen LogP contribution in [-0.4, -0.2) is 19.3 Å². The lowest BCUT2D eigenvalue weighted by molar-refractivity contribution is 0.0112. The highest BCUT2D eigenvalue weighted by molar-refractivity contribution is 9.10. The highest BCUT2D eigenvalue weighted by Crippen LogP contribution is 2.27. The maximum atomic E-state index is 5.65. The number of furan rings is 1.